The van der Waals surface area contributed by atoms with Crippen molar-refractivity contribution in [1.29, 1.82) is 0 Å². The van der Waals surface area contributed by atoms with Gasteiger partial charge in [0.1, 0.15) is 0 Å². The molecule has 3 aromatic rings. The SMILES string of the molecule is Cc1cc(C)n(C(C)CCNC(=O)c2cc(C3CC3)nc3c2cnn3C)n1. The van der Waals surface area contributed by atoms with Gasteiger partial charge in [0.2, 0.25) is 0 Å². The molecule has 1 aliphatic carbocycles. The molecule has 3 aromatic heterocycles. The summed E-state index contributed by atoms with van der Waals surface area (Å²) in [5, 5.41) is 12.7. The van der Waals surface area contributed by atoms with Crippen molar-refractivity contribution >= 4 is 16.9 Å². The van der Waals surface area contributed by atoms with Crippen molar-refractivity contribution in [2.45, 2.75) is 52.0 Å². The van der Waals surface area contributed by atoms with Crippen LogP contribution < -0.4 is 5.32 Å². The lowest BCUT2D eigenvalue weighted by Gasteiger charge is -2.15. The zero-order valence-electron chi connectivity index (χ0n) is 16.4. The first-order valence-electron chi connectivity index (χ1n) is 9.57. The summed E-state index contributed by atoms with van der Waals surface area (Å²) in [6.45, 7) is 6.78. The first-order chi connectivity index (χ1) is 12.9. The minimum absolute atomic E-state index is 0.0575. The van der Waals surface area contributed by atoms with Crippen LogP contribution in [-0.2, 0) is 7.05 Å². The van der Waals surface area contributed by atoms with Crippen LogP contribution in [0.15, 0.2) is 18.3 Å². The maximum atomic E-state index is 12.9. The van der Waals surface area contributed by atoms with E-state index in [0.29, 0.717) is 18.0 Å². The largest absolute Gasteiger partial charge is 0.352 e. The summed E-state index contributed by atoms with van der Waals surface area (Å²) in [4.78, 5) is 17.6. The highest BCUT2D eigenvalue weighted by Crippen LogP contribution is 2.40. The molecule has 0 aliphatic heterocycles. The van der Waals surface area contributed by atoms with Crippen LogP contribution in [0.4, 0.5) is 0 Å². The molecular formula is C20H26N6O. The standard InChI is InChI=1S/C20H26N6O/c1-12-9-14(3)26(24-12)13(2)7-8-21-20(27)16-10-18(15-5-6-15)23-19-17(16)11-22-25(19)4/h9-11,13,15H,5-8H2,1-4H3,(H,21,27). The summed E-state index contributed by atoms with van der Waals surface area (Å²) in [5.74, 6) is 0.430. The van der Waals surface area contributed by atoms with Crippen LogP contribution >= 0.6 is 0 Å². The van der Waals surface area contributed by atoms with E-state index in [2.05, 4.69) is 35.4 Å². The Balaban J connectivity index is 1.47. The Bertz CT molecular complexity index is 997. The number of nitrogens with zero attached hydrogens (tertiary/aromatic N) is 5. The molecule has 1 amide bonds. The molecule has 0 saturated heterocycles. The maximum absolute atomic E-state index is 12.9. The molecule has 0 bridgehead atoms. The number of amides is 1. The Morgan fingerprint density at radius 3 is 2.78 bits per heavy atom. The Morgan fingerprint density at radius 2 is 2.11 bits per heavy atom. The molecule has 27 heavy (non-hydrogen) atoms. The Hall–Kier alpha value is -2.70. The summed E-state index contributed by atoms with van der Waals surface area (Å²) in [6, 6.07) is 4.25. The second kappa shape index (κ2) is 6.79. The highest BCUT2D eigenvalue weighted by atomic mass is 16.1. The van der Waals surface area contributed by atoms with Crippen molar-refractivity contribution < 1.29 is 4.79 Å². The van der Waals surface area contributed by atoms with Gasteiger partial charge in [-0.25, -0.2) is 4.98 Å². The highest BCUT2D eigenvalue weighted by Gasteiger charge is 2.27. The fourth-order valence-electron chi connectivity index (χ4n) is 3.61. The van der Waals surface area contributed by atoms with Crippen LogP contribution in [0.5, 0.6) is 0 Å². The molecule has 0 radical (unpaired) electrons. The topological polar surface area (TPSA) is 77.6 Å². The third-order valence-electron chi connectivity index (χ3n) is 5.27. The van der Waals surface area contributed by atoms with E-state index in [4.69, 9.17) is 4.98 Å². The molecule has 3 heterocycles. The average molecular weight is 366 g/mol. The normalized spacial score (nSPS) is 15.3. The molecule has 1 fully saturated rings. The number of fused-ring (bicyclic) bond motifs is 1. The number of carbonyl (C=O) groups excluding carboxylic acids is 1. The van der Waals surface area contributed by atoms with Crippen LogP contribution in [0, 0.1) is 13.8 Å². The Kier molecular flexibility index (Phi) is 4.45. The van der Waals surface area contributed by atoms with Crippen LogP contribution in [0.3, 0.4) is 0 Å². The van der Waals surface area contributed by atoms with E-state index in [1.54, 1.807) is 10.9 Å². The number of aromatic nitrogens is 5. The molecule has 7 nitrogen and oxygen atoms in total. The van der Waals surface area contributed by atoms with Crippen LogP contribution in [-0.4, -0.2) is 37.0 Å². The van der Waals surface area contributed by atoms with Gasteiger partial charge in [-0.1, -0.05) is 0 Å². The van der Waals surface area contributed by atoms with E-state index in [-0.39, 0.29) is 11.9 Å². The van der Waals surface area contributed by atoms with Crippen LogP contribution in [0.25, 0.3) is 11.0 Å². The molecule has 1 atom stereocenters. The average Bonchev–Trinajstić information content (AvgIpc) is 3.34. The number of pyridine rings is 1. The first-order valence-corrected chi connectivity index (χ1v) is 9.57. The van der Waals surface area contributed by atoms with Crippen LogP contribution in [0.2, 0.25) is 0 Å². The predicted molar refractivity (Wildman–Crippen MR) is 104 cm³/mol. The number of hydrogen-bond acceptors (Lipinski definition) is 4. The summed E-state index contributed by atoms with van der Waals surface area (Å²) in [7, 11) is 1.86. The molecule has 1 saturated carbocycles. The van der Waals surface area contributed by atoms with Gasteiger partial charge >= 0.3 is 0 Å². The highest BCUT2D eigenvalue weighted by molar-refractivity contribution is 6.05. The van der Waals surface area contributed by atoms with E-state index < -0.39 is 0 Å². The maximum Gasteiger partial charge on any atom is 0.252 e. The van der Waals surface area contributed by atoms with Crippen LogP contribution in [0.1, 0.15) is 65.6 Å². The van der Waals surface area contributed by atoms with E-state index in [1.807, 2.05) is 24.7 Å². The van der Waals surface area contributed by atoms with Gasteiger partial charge in [0.25, 0.3) is 5.91 Å². The predicted octanol–water partition coefficient (Wildman–Crippen LogP) is 3.04. The van der Waals surface area contributed by atoms with E-state index in [0.717, 1.165) is 47.4 Å². The number of hydrogen-bond donors (Lipinski definition) is 1. The van der Waals surface area contributed by atoms with Crippen molar-refractivity contribution in [3.05, 3.63) is 41.0 Å². The minimum atomic E-state index is -0.0575. The van der Waals surface area contributed by atoms with Gasteiger partial charge in [0, 0.05) is 30.9 Å². The van der Waals surface area contributed by atoms with Gasteiger partial charge in [-0.05, 0) is 52.2 Å². The summed E-state index contributed by atoms with van der Waals surface area (Å²) >= 11 is 0. The number of rotatable bonds is 6. The smallest absolute Gasteiger partial charge is 0.252 e. The summed E-state index contributed by atoms with van der Waals surface area (Å²) in [5.41, 5.74) is 4.62. The monoisotopic (exact) mass is 366 g/mol. The summed E-state index contributed by atoms with van der Waals surface area (Å²) < 4.78 is 3.77. The van der Waals surface area contributed by atoms with Gasteiger partial charge in [-0.2, -0.15) is 10.2 Å². The first kappa shape index (κ1) is 17.7. The molecular weight excluding hydrogens is 340 g/mol. The molecule has 0 aromatic carbocycles. The zero-order valence-corrected chi connectivity index (χ0v) is 16.4. The third kappa shape index (κ3) is 3.46. The second-order valence-corrected chi connectivity index (χ2v) is 7.64. The van der Waals surface area contributed by atoms with Crippen molar-refractivity contribution in [2.75, 3.05) is 6.54 Å². The molecule has 142 valence electrons. The van der Waals surface area contributed by atoms with E-state index in [1.165, 1.54) is 0 Å². The summed E-state index contributed by atoms with van der Waals surface area (Å²) in [6.07, 6.45) is 4.85. The fraction of sp³-hybridized carbons (Fsp3) is 0.500. The lowest BCUT2D eigenvalue weighted by atomic mass is 10.1. The molecule has 0 spiro atoms. The van der Waals surface area contributed by atoms with Crippen molar-refractivity contribution in [3.8, 4) is 0 Å². The van der Waals surface area contributed by atoms with Gasteiger partial charge in [0.05, 0.1) is 28.9 Å². The molecule has 4 rings (SSSR count). The van der Waals surface area contributed by atoms with E-state index in [9.17, 15) is 4.79 Å². The van der Waals surface area contributed by atoms with Crippen molar-refractivity contribution in [3.63, 3.8) is 0 Å². The third-order valence-corrected chi connectivity index (χ3v) is 5.27. The minimum Gasteiger partial charge on any atom is -0.352 e. The van der Waals surface area contributed by atoms with Gasteiger partial charge in [-0.15, -0.1) is 0 Å². The van der Waals surface area contributed by atoms with Gasteiger partial charge in [-0.3, -0.25) is 14.2 Å². The Morgan fingerprint density at radius 1 is 1.33 bits per heavy atom. The molecule has 1 aliphatic rings. The fourth-order valence-corrected chi connectivity index (χ4v) is 3.61. The van der Waals surface area contributed by atoms with Gasteiger partial charge in [0.15, 0.2) is 5.65 Å². The second-order valence-electron chi connectivity index (χ2n) is 7.64. The lowest BCUT2D eigenvalue weighted by Crippen LogP contribution is -2.27. The quantitative estimate of drug-likeness (QED) is 0.727. The Labute approximate surface area is 158 Å². The van der Waals surface area contributed by atoms with Crippen molar-refractivity contribution in [1.82, 2.24) is 29.9 Å². The molecule has 1 N–H and O–H groups in total. The van der Waals surface area contributed by atoms with E-state index >= 15 is 0 Å². The van der Waals surface area contributed by atoms with Gasteiger partial charge < -0.3 is 5.32 Å². The van der Waals surface area contributed by atoms with Crippen molar-refractivity contribution in [2.24, 2.45) is 7.05 Å². The number of aryl methyl sites for hydroxylation is 3. The zero-order chi connectivity index (χ0) is 19.1. The molecule has 7 heteroatoms. The lowest BCUT2D eigenvalue weighted by molar-refractivity contribution is 0.0953. The number of carbonyl (C=O) groups is 1. The molecule has 1 unspecified atom stereocenters. The number of nitrogens with one attached hydrogen (secondary N) is 1.